The Morgan fingerprint density at radius 2 is 2.00 bits per heavy atom. The van der Waals surface area contributed by atoms with Crippen molar-refractivity contribution in [1.82, 2.24) is 5.32 Å². The van der Waals surface area contributed by atoms with Crippen LogP contribution in [0.25, 0.3) is 0 Å². The maximum absolute atomic E-state index is 13.7. The van der Waals surface area contributed by atoms with Gasteiger partial charge in [-0.1, -0.05) is 0 Å². The fraction of sp³-hybridized carbons (Fsp3) is 0.538. The van der Waals surface area contributed by atoms with Gasteiger partial charge in [-0.05, 0) is 31.0 Å². The quantitative estimate of drug-likeness (QED) is 0.832. The molecule has 1 aromatic rings. The summed E-state index contributed by atoms with van der Waals surface area (Å²) in [6.07, 6.45) is -2.18. The van der Waals surface area contributed by atoms with Crippen molar-refractivity contribution in [2.75, 3.05) is 25.0 Å². The molecule has 0 radical (unpaired) electrons. The smallest absolute Gasteiger partial charge is 0.371 e. The topological polar surface area (TPSA) is 15.3 Å². The second-order valence-electron chi connectivity index (χ2n) is 4.81. The number of hydrogen-bond acceptors (Lipinski definition) is 2. The Hall–Kier alpha value is -1.30. The molecule has 2 rings (SSSR count). The monoisotopic (exact) mass is 276 g/mol. The van der Waals surface area contributed by atoms with Gasteiger partial charge in [-0.15, -0.1) is 0 Å². The first-order valence-electron chi connectivity index (χ1n) is 6.19. The summed E-state index contributed by atoms with van der Waals surface area (Å²) in [5.74, 6) is -0.844. The molecule has 0 spiro atoms. The number of anilines is 1. The maximum Gasteiger partial charge on any atom is 0.416 e. The van der Waals surface area contributed by atoms with E-state index < -0.39 is 17.6 Å². The van der Waals surface area contributed by atoms with Crippen LogP contribution in [0.15, 0.2) is 18.2 Å². The summed E-state index contributed by atoms with van der Waals surface area (Å²) in [5, 5.41) is 3.27. The molecule has 1 N–H and O–H groups in total. The molecule has 1 aromatic carbocycles. The summed E-state index contributed by atoms with van der Waals surface area (Å²) >= 11 is 0. The van der Waals surface area contributed by atoms with Crippen molar-refractivity contribution in [1.29, 1.82) is 0 Å². The zero-order chi connectivity index (χ0) is 14.0. The number of alkyl halides is 3. The average molecular weight is 276 g/mol. The van der Waals surface area contributed by atoms with Gasteiger partial charge in [-0.2, -0.15) is 13.2 Å². The lowest BCUT2D eigenvalue weighted by Gasteiger charge is -2.21. The van der Waals surface area contributed by atoms with E-state index in [1.165, 1.54) is 18.9 Å². The van der Waals surface area contributed by atoms with Crippen LogP contribution in [0.4, 0.5) is 23.2 Å². The molecular formula is C13H16F4N2. The molecule has 106 valence electrons. The fourth-order valence-electron chi connectivity index (χ4n) is 1.84. The Bertz CT molecular complexity index is 441. The van der Waals surface area contributed by atoms with Gasteiger partial charge in [0.15, 0.2) is 0 Å². The van der Waals surface area contributed by atoms with Gasteiger partial charge in [0.1, 0.15) is 5.82 Å². The molecule has 1 aliphatic carbocycles. The summed E-state index contributed by atoms with van der Waals surface area (Å²) in [5.41, 5.74) is -0.774. The van der Waals surface area contributed by atoms with E-state index in [-0.39, 0.29) is 5.69 Å². The van der Waals surface area contributed by atoms with Gasteiger partial charge >= 0.3 is 6.18 Å². The van der Waals surface area contributed by atoms with Crippen LogP contribution >= 0.6 is 0 Å². The molecule has 0 heterocycles. The third-order valence-corrected chi connectivity index (χ3v) is 3.14. The highest BCUT2D eigenvalue weighted by molar-refractivity contribution is 5.49. The van der Waals surface area contributed by atoms with Crippen LogP contribution in [0.3, 0.4) is 0 Å². The highest BCUT2D eigenvalue weighted by atomic mass is 19.4. The van der Waals surface area contributed by atoms with E-state index in [1.54, 1.807) is 11.9 Å². The average Bonchev–Trinajstić information content (AvgIpc) is 3.11. The van der Waals surface area contributed by atoms with Gasteiger partial charge in [0.2, 0.25) is 0 Å². The van der Waals surface area contributed by atoms with Crippen LogP contribution in [0.5, 0.6) is 0 Å². The third-order valence-electron chi connectivity index (χ3n) is 3.14. The lowest BCUT2D eigenvalue weighted by molar-refractivity contribution is -0.137. The van der Waals surface area contributed by atoms with Crippen molar-refractivity contribution in [3.05, 3.63) is 29.6 Å². The minimum Gasteiger partial charge on any atom is -0.371 e. The fourth-order valence-corrected chi connectivity index (χ4v) is 1.84. The summed E-state index contributed by atoms with van der Waals surface area (Å²) < 4.78 is 50.9. The number of benzene rings is 1. The summed E-state index contributed by atoms with van der Waals surface area (Å²) in [4.78, 5) is 1.62. The molecule has 0 atom stereocenters. The van der Waals surface area contributed by atoms with E-state index in [4.69, 9.17) is 0 Å². The highest BCUT2D eigenvalue weighted by Gasteiger charge is 2.31. The minimum atomic E-state index is -4.51. The van der Waals surface area contributed by atoms with E-state index in [2.05, 4.69) is 5.32 Å². The van der Waals surface area contributed by atoms with E-state index in [9.17, 15) is 17.6 Å². The second kappa shape index (κ2) is 5.36. The number of hydrogen-bond donors (Lipinski definition) is 1. The molecule has 1 aliphatic rings. The normalized spacial score (nSPS) is 15.6. The van der Waals surface area contributed by atoms with Crippen LogP contribution in [-0.4, -0.2) is 26.2 Å². The van der Waals surface area contributed by atoms with Crippen molar-refractivity contribution in [2.45, 2.75) is 25.1 Å². The largest absolute Gasteiger partial charge is 0.416 e. The zero-order valence-electron chi connectivity index (χ0n) is 10.6. The van der Waals surface area contributed by atoms with Crippen LogP contribution < -0.4 is 10.2 Å². The Morgan fingerprint density at radius 1 is 1.32 bits per heavy atom. The van der Waals surface area contributed by atoms with Crippen LogP contribution in [0.2, 0.25) is 0 Å². The summed E-state index contributed by atoms with van der Waals surface area (Å²) in [6, 6.07) is 3.18. The van der Waals surface area contributed by atoms with Gasteiger partial charge in [0, 0.05) is 26.2 Å². The number of nitrogens with one attached hydrogen (secondary N) is 1. The minimum absolute atomic E-state index is 0.186. The van der Waals surface area contributed by atoms with E-state index in [0.29, 0.717) is 25.2 Å². The Balaban J connectivity index is 1.98. The van der Waals surface area contributed by atoms with Crippen molar-refractivity contribution in [3.63, 3.8) is 0 Å². The lowest BCUT2D eigenvalue weighted by Crippen LogP contribution is -2.30. The standard InChI is InChI=1S/C13H16F4N2/c1-19(7-6-18-10-3-4-10)12-5-2-9(8-11(12)14)13(15,16)17/h2,5,8,10,18H,3-4,6-7H2,1H3. The second-order valence-corrected chi connectivity index (χ2v) is 4.81. The molecule has 1 saturated carbocycles. The van der Waals surface area contributed by atoms with Crippen molar-refractivity contribution in [2.24, 2.45) is 0 Å². The summed E-state index contributed by atoms with van der Waals surface area (Å²) in [7, 11) is 1.67. The zero-order valence-corrected chi connectivity index (χ0v) is 10.6. The van der Waals surface area contributed by atoms with Crippen LogP contribution in [0, 0.1) is 5.82 Å². The van der Waals surface area contributed by atoms with Crippen LogP contribution in [-0.2, 0) is 6.18 Å². The van der Waals surface area contributed by atoms with Crippen molar-refractivity contribution < 1.29 is 17.6 Å². The number of likely N-dealkylation sites (N-methyl/N-ethyl adjacent to an activating group) is 1. The van der Waals surface area contributed by atoms with Crippen LogP contribution in [0.1, 0.15) is 18.4 Å². The maximum atomic E-state index is 13.7. The number of halogens is 4. The molecule has 19 heavy (non-hydrogen) atoms. The molecule has 0 aliphatic heterocycles. The SMILES string of the molecule is CN(CCNC1CC1)c1ccc(C(F)(F)F)cc1F. The predicted molar refractivity (Wildman–Crippen MR) is 65.7 cm³/mol. The molecule has 0 aromatic heterocycles. The van der Waals surface area contributed by atoms with Gasteiger partial charge < -0.3 is 10.2 Å². The third kappa shape index (κ3) is 3.83. The van der Waals surface area contributed by atoms with Gasteiger partial charge in [0.05, 0.1) is 11.3 Å². The molecular weight excluding hydrogens is 260 g/mol. The van der Waals surface area contributed by atoms with Crippen molar-refractivity contribution >= 4 is 5.69 Å². The Morgan fingerprint density at radius 3 is 2.53 bits per heavy atom. The molecule has 0 unspecified atom stereocenters. The Labute approximate surface area is 109 Å². The molecule has 2 nitrogen and oxygen atoms in total. The van der Waals surface area contributed by atoms with E-state index in [1.807, 2.05) is 0 Å². The molecule has 0 amide bonds. The predicted octanol–water partition coefficient (Wildman–Crippen LogP) is 3.03. The first-order chi connectivity index (χ1) is 8.88. The van der Waals surface area contributed by atoms with Gasteiger partial charge in [-0.25, -0.2) is 4.39 Å². The Kier molecular flexibility index (Phi) is 3.99. The lowest BCUT2D eigenvalue weighted by atomic mass is 10.2. The molecule has 6 heteroatoms. The first-order valence-corrected chi connectivity index (χ1v) is 6.19. The van der Waals surface area contributed by atoms with E-state index in [0.717, 1.165) is 6.07 Å². The van der Waals surface area contributed by atoms with Gasteiger partial charge in [0.25, 0.3) is 0 Å². The molecule has 1 fully saturated rings. The molecule has 0 saturated heterocycles. The molecule has 0 bridgehead atoms. The number of nitrogens with zero attached hydrogens (tertiary/aromatic N) is 1. The van der Waals surface area contributed by atoms with E-state index >= 15 is 0 Å². The number of rotatable bonds is 5. The van der Waals surface area contributed by atoms with Gasteiger partial charge in [-0.3, -0.25) is 0 Å². The summed E-state index contributed by atoms with van der Waals surface area (Å²) in [6.45, 7) is 1.25. The highest BCUT2D eigenvalue weighted by Crippen LogP contribution is 2.32. The first kappa shape index (κ1) is 14.1. The van der Waals surface area contributed by atoms with Crippen molar-refractivity contribution in [3.8, 4) is 0 Å².